The molecule has 3 heterocycles. The number of aliphatic hydroxyl groups excluding tert-OH is 1. The summed E-state index contributed by atoms with van der Waals surface area (Å²) in [5.74, 6) is -1.07. The number of nitrogens with zero attached hydrogens (tertiary/aromatic N) is 3. The molecule has 0 bridgehead atoms. The van der Waals surface area contributed by atoms with Crippen molar-refractivity contribution in [3.8, 4) is 17.0 Å². The first kappa shape index (κ1) is 25.1. The molecule has 1 aromatic heterocycles. The maximum Gasteiger partial charge on any atom is 0.393 e. The number of aliphatic hydroxyl groups is 1. The van der Waals surface area contributed by atoms with E-state index < -0.39 is 18.1 Å². The highest BCUT2D eigenvalue weighted by Crippen LogP contribution is 2.35. The second-order valence-corrected chi connectivity index (χ2v) is 8.65. The van der Waals surface area contributed by atoms with Gasteiger partial charge in [0, 0.05) is 43.6 Å². The maximum absolute atomic E-state index is 13.0. The minimum atomic E-state index is -4.30. The van der Waals surface area contributed by atoms with E-state index in [0.29, 0.717) is 37.9 Å². The second-order valence-electron chi connectivity index (χ2n) is 8.65. The number of rotatable bonds is 6. The lowest BCUT2D eigenvalue weighted by Crippen LogP contribution is -2.36. The Labute approximate surface area is 201 Å². The summed E-state index contributed by atoms with van der Waals surface area (Å²) in [5.41, 5.74) is 3.84. The Kier molecular flexibility index (Phi) is 7.66. The minimum absolute atomic E-state index is 0.0663. The molecule has 0 radical (unpaired) electrons. The number of carbonyl (C=O) groups excluding carboxylic acids is 1. The molecule has 1 atom stereocenters. The first-order valence-electron chi connectivity index (χ1n) is 11.6. The van der Waals surface area contributed by atoms with Gasteiger partial charge in [0.1, 0.15) is 12.3 Å². The van der Waals surface area contributed by atoms with Crippen LogP contribution in [0.5, 0.6) is 5.88 Å². The summed E-state index contributed by atoms with van der Waals surface area (Å²) in [7, 11) is 0. The van der Waals surface area contributed by atoms with Crippen LogP contribution in [0.3, 0.4) is 0 Å². The van der Waals surface area contributed by atoms with Crippen molar-refractivity contribution < 1.29 is 32.5 Å². The van der Waals surface area contributed by atoms with Crippen molar-refractivity contribution in [3.63, 3.8) is 0 Å². The number of ether oxygens (including phenoxy) is 2. The smallest absolute Gasteiger partial charge is 0.393 e. The van der Waals surface area contributed by atoms with E-state index in [-0.39, 0.29) is 32.7 Å². The van der Waals surface area contributed by atoms with Crippen LogP contribution in [0, 0.1) is 12.8 Å². The number of aromatic nitrogens is 1. The quantitative estimate of drug-likeness (QED) is 0.637. The maximum atomic E-state index is 13.0. The van der Waals surface area contributed by atoms with Crippen LogP contribution in [0.25, 0.3) is 11.1 Å². The van der Waals surface area contributed by atoms with Crippen LogP contribution in [0.1, 0.15) is 12.0 Å². The fourth-order valence-electron chi connectivity index (χ4n) is 4.30. The summed E-state index contributed by atoms with van der Waals surface area (Å²) in [4.78, 5) is 20.4. The van der Waals surface area contributed by atoms with E-state index in [1.165, 1.54) is 4.90 Å². The Balaban J connectivity index is 1.55. The topological polar surface area (TPSA) is 87.2 Å². The third-order valence-corrected chi connectivity index (χ3v) is 6.25. The molecular weight excluding hydrogens is 465 g/mol. The molecule has 4 rings (SSSR count). The van der Waals surface area contributed by atoms with Crippen molar-refractivity contribution in [1.29, 1.82) is 0 Å². The molecule has 0 aliphatic carbocycles. The molecule has 35 heavy (non-hydrogen) atoms. The van der Waals surface area contributed by atoms with Crippen LogP contribution in [-0.2, 0) is 4.74 Å². The number of hydrogen-bond donors (Lipinski definition) is 2. The number of aryl methyl sites for hydroxylation is 1. The summed E-state index contributed by atoms with van der Waals surface area (Å²) < 4.78 is 50.0. The highest BCUT2D eigenvalue weighted by molar-refractivity contribution is 5.90. The van der Waals surface area contributed by atoms with E-state index in [1.54, 1.807) is 18.3 Å². The van der Waals surface area contributed by atoms with Crippen LogP contribution in [0.4, 0.5) is 29.3 Å². The molecular formula is C24H29F3N4O4. The van der Waals surface area contributed by atoms with E-state index in [2.05, 4.69) is 15.2 Å². The minimum Gasteiger partial charge on any atom is -0.474 e. The number of anilines is 2. The molecule has 2 saturated heterocycles. The molecule has 8 nitrogen and oxygen atoms in total. The predicted octanol–water partition coefficient (Wildman–Crippen LogP) is 3.68. The molecule has 0 saturated carbocycles. The lowest BCUT2D eigenvalue weighted by Gasteiger charge is -2.30. The molecule has 2 fully saturated rings. The van der Waals surface area contributed by atoms with Gasteiger partial charge in [-0.05, 0) is 42.7 Å². The number of urea groups is 1. The number of pyridine rings is 1. The zero-order valence-corrected chi connectivity index (χ0v) is 19.5. The third-order valence-electron chi connectivity index (χ3n) is 6.25. The van der Waals surface area contributed by atoms with Crippen LogP contribution in [0.2, 0.25) is 0 Å². The molecule has 2 aliphatic rings. The number of benzene rings is 1. The number of morpholine rings is 1. The lowest BCUT2D eigenvalue weighted by molar-refractivity contribution is -0.169. The van der Waals surface area contributed by atoms with Gasteiger partial charge in [-0.3, -0.25) is 0 Å². The van der Waals surface area contributed by atoms with Gasteiger partial charge < -0.3 is 29.7 Å². The first-order valence-corrected chi connectivity index (χ1v) is 11.6. The van der Waals surface area contributed by atoms with Crippen LogP contribution >= 0.6 is 0 Å². The van der Waals surface area contributed by atoms with Gasteiger partial charge >= 0.3 is 12.2 Å². The van der Waals surface area contributed by atoms with Crippen molar-refractivity contribution in [2.75, 3.05) is 62.8 Å². The Hall–Kier alpha value is -3.05. The Bertz CT molecular complexity index is 1040. The Morgan fingerprint density at radius 1 is 1.26 bits per heavy atom. The van der Waals surface area contributed by atoms with Crippen molar-refractivity contribution in [2.45, 2.75) is 19.5 Å². The third kappa shape index (κ3) is 5.96. The van der Waals surface area contributed by atoms with Crippen molar-refractivity contribution in [3.05, 3.63) is 36.0 Å². The first-order chi connectivity index (χ1) is 16.8. The Morgan fingerprint density at radius 2 is 2.03 bits per heavy atom. The molecule has 190 valence electrons. The van der Waals surface area contributed by atoms with Crippen LogP contribution < -0.4 is 15.0 Å². The molecule has 2 N–H and O–H groups in total. The van der Waals surface area contributed by atoms with Gasteiger partial charge in [-0.2, -0.15) is 13.2 Å². The summed E-state index contributed by atoms with van der Waals surface area (Å²) in [6.45, 7) is 4.15. The number of hydrogen-bond acceptors (Lipinski definition) is 6. The second kappa shape index (κ2) is 10.7. The van der Waals surface area contributed by atoms with Gasteiger partial charge in [0.15, 0.2) is 0 Å². The van der Waals surface area contributed by atoms with Crippen LogP contribution in [0.15, 0.2) is 30.5 Å². The highest BCUT2D eigenvalue weighted by Gasteiger charge is 2.44. The SMILES string of the molecule is Cc1ccc(NC(=O)N2CC[C@H](C(F)(F)F)C2)cc1-c1cnc(OCCO)c(N2CCOCC2)c1. The average Bonchev–Trinajstić information content (AvgIpc) is 3.36. The molecule has 0 unspecified atom stereocenters. The summed E-state index contributed by atoms with van der Waals surface area (Å²) in [5, 5.41) is 11.9. The van der Waals surface area contributed by atoms with Gasteiger partial charge in [0.25, 0.3) is 0 Å². The summed E-state index contributed by atoms with van der Waals surface area (Å²) in [6, 6.07) is 6.76. The number of halogens is 3. The van der Waals surface area contributed by atoms with Gasteiger partial charge in [-0.1, -0.05) is 6.07 Å². The zero-order valence-electron chi connectivity index (χ0n) is 19.5. The van der Waals surface area contributed by atoms with Crippen molar-refractivity contribution >= 4 is 17.4 Å². The average molecular weight is 495 g/mol. The molecule has 0 spiro atoms. The monoisotopic (exact) mass is 494 g/mol. The number of likely N-dealkylation sites (tertiary alicyclic amines) is 1. The fraction of sp³-hybridized carbons (Fsp3) is 0.500. The van der Waals surface area contributed by atoms with Gasteiger partial charge in [-0.25, -0.2) is 9.78 Å². The van der Waals surface area contributed by atoms with Crippen molar-refractivity contribution in [1.82, 2.24) is 9.88 Å². The number of alkyl halides is 3. The van der Waals surface area contributed by atoms with Crippen molar-refractivity contribution in [2.24, 2.45) is 5.92 Å². The summed E-state index contributed by atoms with van der Waals surface area (Å²) in [6.07, 6.45) is -2.72. The fourth-order valence-corrected chi connectivity index (χ4v) is 4.30. The van der Waals surface area contributed by atoms with E-state index in [0.717, 1.165) is 22.4 Å². The molecule has 11 heteroatoms. The summed E-state index contributed by atoms with van der Waals surface area (Å²) >= 11 is 0. The van der Waals surface area contributed by atoms with Gasteiger partial charge in [-0.15, -0.1) is 0 Å². The Morgan fingerprint density at radius 3 is 2.71 bits per heavy atom. The molecule has 2 aliphatic heterocycles. The standard InChI is InChI=1S/C24H29F3N4O4/c1-16-2-3-19(29-23(33)31-5-4-18(15-31)24(25,26)27)13-20(16)17-12-21(30-6-9-34-10-7-30)22(28-14-17)35-11-8-32/h2-3,12-14,18,32H,4-11,15H2,1H3,(H,29,33)/t18-/m0/s1. The molecule has 2 amide bonds. The molecule has 2 aromatic rings. The number of nitrogens with one attached hydrogen (secondary N) is 1. The zero-order chi connectivity index (χ0) is 25.0. The predicted molar refractivity (Wildman–Crippen MR) is 125 cm³/mol. The number of amides is 2. The van der Waals surface area contributed by atoms with E-state index in [4.69, 9.17) is 14.6 Å². The van der Waals surface area contributed by atoms with Gasteiger partial charge in [0.05, 0.1) is 25.7 Å². The normalized spacial score (nSPS) is 18.6. The lowest BCUT2D eigenvalue weighted by atomic mass is 10.0. The van der Waals surface area contributed by atoms with E-state index in [9.17, 15) is 18.0 Å². The van der Waals surface area contributed by atoms with Crippen LogP contribution in [-0.4, -0.2) is 79.8 Å². The van der Waals surface area contributed by atoms with E-state index >= 15 is 0 Å². The van der Waals surface area contributed by atoms with Gasteiger partial charge in [0.2, 0.25) is 5.88 Å². The molecule has 1 aromatic carbocycles. The largest absolute Gasteiger partial charge is 0.474 e. The van der Waals surface area contributed by atoms with E-state index in [1.807, 2.05) is 19.1 Å². The number of carbonyl (C=O) groups is 1. The highest BCUT2D eigenvalue weighted by atomic mass is 19.4.